The summed E-state index contributed by atoms with van der Waals surface area (Å²) in [6.45, 7) is 9.78. The van der Waals surface area contributed by atoms with Crippen LogP contribution in [0.3, 0.4) is 0 Å². The number of nitrogens with zero attached hydrogens (tertiary/aromatic N) is 1. The predicted molar refractivity (Wildman–Crippen MR) is 83.6 cm³/mol. The van der Waals surface area contributed by atoms with Crippen LogP contribution >= 0.6 is 0 Å². The van der Waals surface area contributed by atoms with Gasteiger partial charge in [-0.1, -0.05) is 31.2 Å². The average molecular weight is 276 g/mol. The second-order valence-electron chi connectivity index (χ2n) is 6.37. The van der Waals surface area contributed by atoms with Crippen LogP contribution < -0.4 is 5.32 Å². The molecule has 1 aliphatic heterocycles. The summed E-state index contributed by atoms with van der Waals surface area (Å²) >= 11 is 0. The SMILES string of the molecule is CCCNC(C)(CO)CC(C)N1Cc2ccccc2C1. The van der Waals surface area contributed by atoms with Crippen molar-refractivity contribution in [3.63, 3.8) is 0 Å². The Kier molecular flexibility index (Phi) is 5.19. The Morgan fingerprint density at radius 2 is 1.90 bits per heavy atom. The van der Waals surface area contributed by atoms with Crippen molar-refractivity contribution in [3.05, 3.63) is 35.4 Å². The van der Waals surface area contributed by atoms with Gasteiger partial charge in [0.15, 0.2) is 0 Å². The van der Waals surface area contributed by atoms with Crippen molar-refractivity contribution in [1.82, 2.24) is 10.2 Å². The number of fused-ring (bicyclic) bond motifs is 1. The lowest BCUT2D eigenvalue weighted by molar-refractivity contribution is 0.113. The Labute approximate surface area is 123 Å². The Morgan fingerprint density at radius 3 is 2.40 bits per heavy atom. The minimum atomic E-state index is -0.176. The van der Waals surface area contributed by atoms with Crippen LogP contribution in [0.15, 0.2) is 24.3 Å². The molecular weight excluding hydrogens is 248 g/mol. The number of benzene rings is 1. The highest BCUT2D eigenvalue weighted by molar-refractivity contribution is 5.30. The van der Waals surface area contributed by atoms with Crippen LogP contribution in [0.4, 0.5) is 0 Å². The Balaban J connectivity index is 1.94. The summed E-state index contributed by atoms with van der Waals surface area (Å²) < 4.78 is 0. The third kappa shape index (κ3) is 3.60. The first kappa shape index (κ1) is 15.5. The van der Waals surface area contributed by atoms with Crippen LogP contribution in [0.25, 0.3) is 0 Å². The molecular formula is C17H28N2O. The van der Waals surface area contributed by atoms with Crippen molar-refractivity contribution >= 4 is 0 Å². The maximum Gasteiger partial charge on any atom is 0.0611 e. The van der Waals surface area contributed by atoms with E-state index in [0.717, 1.165) is 32.5 Å². The first-order chi connectivity index (χ1) is 9.58. The second-order valence-corrected chi connectivity index (χ2v) is 6.37. The van der Waals surface area contributed by atoms with Crippen molar-refractivity contribution in [2.24, 2.45) is 0 Å². The quantitative estimate of drug-likeness (QED) is 0.803. The van der Waals surface area contributed by atoms with Crippen LogP contribution in [0.2, 0.25) is 0 Å². The molecule has 1 aromatic carbocycles. The fourth-order valence-corrected chi connectivity index (χ4v) is 3.07. The lowest BCUT2D eigenvalue weighted by atomic mass is 9.93. The summed E-state index contributed by atoms with van der Waals surface area (Å²) in [7, 11) is 0. The van der Waals surface area contributed by atoms with E-state index in [-0.39, 0.29) is 12.1 Å². The molecule has 2 atom stereocenters. The first-order valence-corrected chi connectivity index (χ1v) is 7.74. The van der Waals surface area contributed by atoms with E-state index < -0.39 is 0 Å². The third-order valence-corrected chi connectivity index (χ3v) is 4.39. The van der Waals surface area contributed by atoms with Gasteiger partial charge in [-0.25, -0.2) is 0 Å². The average Bonchev–Trinajstić information content (AvgIpc) is 2.89. The van der Waals surface area contributed by atoms with E-state index >= 15 is 0 Å². The van der Waals surface area contributed by atoms with Crippen LogP contribution in [-0.2, 0) is 13.1 Å². The van der Waals surface area contributed by atoms with Gasteiger partial charge in [-0.3, -0.25) is 4.90 Å². The Hall–Kier alpha value is -0.900. The standard InChI is InChI=1S/C17H28N2O/c1-4-9-18-17(3,13-20)10-14(2)19-11-15-7-5-6-8-16(15)12-19/h5-8,14,18,20H,4,9-13H2,1-3H3. The van der Waals surface area contributed by atoms with E-state index in [1.54, 1.807) is 0 Å². The smallest absolute Gasteiger partial charge is 0.0611 e. The van der Waals surface area contributed by atoms with Gasteiger partial charge in [0.2, 0.25) is 0 Å². The molecule has 2 rings (SSSR count). The molecule has 0 fully saturated rings. The lowest BCUT2D eigenvalue weighted by Gasteiger charge is -2.35. The van der Waals surface area contributed by atoms with Gasteiger partial charge in [-0.15, -0.1) is 0 Å². The van der Waals surface area contributed by atoms with Gasteiger partial charge in [0.05, 0.1) is 6.61 Å². The van der Waals surface area contributed by atoms with Crippen molar-refractivity contribution in [3.8, 4) is 0 Å². The molecule has 1 aromatic rings. The molecule has 3 nitrogen and oxygen atoms in total. The highest BCUT2D eigenvalue weighted by atomic mass is 16.3. The largest absolute Gasteiger partial charge is 0.394 e. The summed E-state index contributed by atoms with van der Waals surface area (Å²) in [5.74, 6) is 0. The van der Waals surface area contributed by atoms with Crippen molar-refractivity contribution in [2.75, 3.05) is 13.2 Å². The van der Waals surface area contributed by atoms with Gasteiger partial charge in [-0.2, -0.15) is 0 Å². The maximum absolute atomic E-state index is 9.70. The number of aliphatic hydroxyl groups excluding tert-OH is 1. The number of nitrogens with one attached hydrogen (secondary N) is 1. The van der Waals surface area contributed by atoms with Crippen molar-refractivity contribution in [1.29, 1.82) is 0 Å². The zero-order valence-electron chi connectivity index (χ0n) is 13.0. The highest BCUT2D eigenvalue weighted by Crippen LogP contribution is 2.27. The zero-order valence-corrected chi connectivity index (χ0v) is 13.0. The molecule has 0 aliphatic carbocycles. The normalized spacial score (nSPS) is 19.6. The van der Waals surface area contributed by atoms with E-state index in [1.807, 2.05) is 0 Å². The molecule has 0 amide bonds. The molecule has 0 spiro atoms. The number of aliphatic hydroxyl groups is 1. The van der Waals surface area contributed by atoms with Crippen LogP contribution in [0, 0.1) is 0 Å². The van der Waals surface area contributed by atoms with Crippen LogP contribution in [-0.4, -0.2) is 34.7 Å². The number of hydrogen-bond acceptors (Lipinski definition) is 3. The summed E-state index contributed by atoms with van der Waals surface area (Å²) in [5.41, 5.74) is 2.72. The molecule has 2 N–H and O–H groups in total. The van der Waals surface area contributed by atoms with E-state index in [9.17, 15) is 5.11 Å². The molecule has 1 aliphatic rings. The van der Waals surface area contributed by atoms with Crippen LogP contribution in [0.1, 0.15) is 44.7 Å². The van der Waals surface area contributed by atoms with E-state index in [2.05, 4.69) is 55.3 Å². The predicted octanol–water partition coefficient (Wildman–Crippen LogP) is 2.53. The fourth-order valence-electron chi connectivity index (χ4n) is 3.07. The molecule has 0 radical (unpaired) electrons. The van der Waals surface area contributed by atoms with Crippen molar-refractivity contribution < 1.29 is 5.11 Å². The van der Waals surface area contributed by atoms with E-state index in [1.165, 1.54) is 11.1 Å². The summed E-state index contributed by atoms with van der Waals surface area (Å²) in [4.78, 5) is 2.51. The van der Waals surface area contributed by atoms with Crippen molar-refractivity contribution in [2.45, 2.75) is 58.3 Å². The highest BCUT2D eigenvalue weighted by Gasteiger charge is 2.30. The Bertz CT molecular complexity index is 410. The molecule has 2 unspecified atom stereocenters. The number of rotatable bonds is 7. The summed E-state index contributed by atoms with van der Waals surface area (Å²) in [6.07, 6.45) is 2.07. The molecule has 20 heavy (non-hydrogen) atoms. The minimum absolute atomic E-state index is 0.176. The van der Waals surface area contributed by atoms with Gasteiger partial charge in [0, 0.05) is 24.7 Å². The van der Waals surface area contributed by atoms with Gasteiger partial charge in [0.25, 0.3) is 0 Å². The summed E-state index contributed by atoms with van der Waals surface area (Å²) in [6, 6.07) is 9.15. The molecule has 0 saturated heterocycles. The first-order valence-electron chi connectivity index (χ1n) is 7.74. The van der Waals surface area contributed by atoms with Gasteiger partial charge < -0.3 is 10.4 Å². The van der Waals surface area contributed by atoms with Crippen LogP contribution in [0.5, 0.6) is 0 Å². The topological polar surface area (TPSA) is 35.5 Å². The maximum atomic E-state index is 9.70. The monoisotopic (exact) mass is 276 g/mol. The lowest BCUT2D eigenvalue weighted by Crippen LogP contribution is -2.50. The zero-order chi connectivity index (χ0) is 14.6. The molecule has 3 heteroatoms. The van der Waals surface area contributed by atoms with Gasteiger partial charge in [0.1, 0.15) is 0 Å². The van der Waals surface area contributed by atoms with Gasteiger partial charge >= 0.3 is 0 Å². The van der Waals surface area contributed by atoms with E-state index in [4.69, 9.17) is 0 Å². The molecule has 1 heterocycles. The van der Waals surface area contributed by atoms with Gasteiger partial charge in [-0.05, 0) is 44.4 Å². The molecule has 0 bridgehead atoms. The fraction of sp³-hybridized carbons (Fsp3) is 0.647. The molecule has 0 aromatic heterocycles. The summed E-state index contributed by atoms with van der Waals surface area (Å²) in [5, 5.41) is 13.2. The molecule has 112 valence electrons. The minimum Gasteiger partial charge on any atom is -0.394 e. The molecule has 0 saturated carbocycles. The number of hydrogen-bond donors (Lipinski definition) is 2. The van der Waals surface area contributed by atoms with E-state index in [0.29, 0.717) is 6.04 Å². The Morgan fingerprint density at radius 1 is 1.30 bits per heavy atom. The third-order valence-electron chi connectivity index (χ3n) is 4.39. The second kappa shape index (κ2) is 6.70.